The van der Waals surface area contributed by atoms with Crippen LogP contribution >= 0.6 is 0 Å². The van der Waals surface area contributed by atoms with Crippen molar-refractivity contribution in [3.05, 3.63) is 66.3 Å². The molecule has 0 aliphatic carbocycles. The number of nitrogens with two attached hydrogens (primary N) is 4. The third-order valence-corrected chi connectivity index (χ3v) is 22.5. The van der Waals surface area contributed by atoms with Gasteiger partial charge in [0.05, 0.1) is 56.8 Å². The highest BCUT2D eigenvalue weighted by Gasteiger charge is 2.47. The minimum atomic E-state index is -2.05. The molecule has 1 aromatic carbocycles. The van der Waals surface area contributed by atoms with Gasteiger partial charge < -0.3 is 163 Å². The molecule has 3 aromatic rings. The predicted octanol–water partition coefficient (Wildman–Crippen LogP) is -10.1. The van der Waals surface area contributed by atoms with E-state index in [4.69, 9.17) is 28.3 Å². The average Bonchev–Trinajstić information content (AvgIpc) is 1.66. The number of carbonyl (C=O) groups excluding carboxylic acids is 16. The number of unbranched alkanes of at least 4 members (excludes halogenated alkanes) is 2. The summed E-state index contributed by atoms with van der Waals surface area (Å²) in [7, 11) is 0. The molecule has 0 saturated carbocycles. The van der Waals surface area contributed by atoms with Crippen LogP contribution in [0.4, 0.5) is 0 Å². The Hall–Kier alpha value is -13.1. The van der Waals surface area contributed by atoms with E-state index in [1.54, 1.807) is 27.7 Å². The van der Waals surface area contributed by atoms with E-state index in [1.807, 2.05) is 5.32 Å². The Balaban J connectivity index is 1.34. The van der Waals surface area contributed by atoms with Crippen molar-refractivity contribution in [1.82, 2.24) is 109 Å². The molecule has 0 spiro atoms. The van der Waals surface area contributed by atoms with Crippen LogP contribution in [0, 0.1) is 17.2 Å². The van der Waals surface area contributed by atoms with Gasteiger partial charge in [0.15, 0.2) is 12.0 Å². The van der Waals surface area contributed by atoms with Crippen LogP contribution in [0.5, 0.6) is 5.75 Å². The van der Waals surface area contributed by atoms with Crippen LogP contribution in [0.25, 0.3) is 0 Å². The molecule has 2 aliphatic heterocycles. The van der Waals surface area contributed by atoms with E-state index in [9.17, 15) is 127 Å². The van der Waals surface area contributed by atoms with Crippen molar-refractivity contribution in [2.24, 2.45) is 34.8 Å². The number of carbonyl (C=O) groups is 18. The number of aliphatic carboxylic acids is 2. The molecule has 0 radical (unpaired) electrons. The standard InChI is InChI=1S/C85H136N26O26/c1-42(2)31-55(104-81(133)66(44(5)114)108-76(128)58(34-49-36-92-41-96-49)102-75(127)57(33-48-35-91-40-95-48)103-80(132)65(88)43(3)4)73(125)99-53(17-12-28-93-85(89)90)71(123)100-54(24-25-64(119)120)72(124)105-59(38-112)77(129)101-56(32-47-20-22-50(117)23-21-47)74(126)98-52(16-9-11-27-87)70(122)97-51(15-8-10-26-86)69(121)94-37-63(118)107-67(45(6)115)83(135)111-30-14-19-62(111)82(134)110-29-13-18-61(110)79(131)106-60(39-113)78(130)109-68(46(7)116)84(136)137/h20-23,35-36,40-46,51-62,65-68,112-117H,8-19,24-34,37-39,86-88H2,1-7H3,(H,91,95)(H,92,96)(H,94,121)(H,97,122)(H,98,126)(H,99,125)(H,100,123)(H,101,129)(H,102,127)(H,103,132)(H,104,133)(H,105,124)(H,106,131)(H,107,118)(H,108,128)(H,109,130)(H,119,120)(H,136,137)(H4,89,90,93)/t44-,45-,46-,51+,52+,53+,54+,55+,56+,57+,58+,59+,60+,61+,62+,65+,66+,67+,68+/m1/s1. The predicted molar refractivity (Wildman–Crippen MR) is 485 cm³/mol. The van der Waals surface area contributed by atoms with Gasteiger partial charge in [-0.05, 0) is 153 Å². The zero-order chi connectivity index (χ0) is 102. The Morgan fingerprint density at radius 2 is 0.883 bits per heavy atom. The summed E-state index contributed by atoms with van der Waals surface area (Å²) in [5.41, 5.74) is 24.3. The largest absolute Gasteiger partial charge is 0.508 e. The average molecular weight is 1940 g/mol. The van der Waals surface area contributed by atoms with Crippen molar-refractivity contribution in [2.75, 3.05) is 52.5 Å². The first-order valence-corrected chi connectivity index (χ1v) is 45.3. The number of benzene rings is 1. The maximum atomic E-state index is 14.8. The van der Waals surface area contributed by atoms with E-state index >= 15 is 0 Å². The highest BCUT2D eigenvalue weighted by atomic mass is 16.4. The molecule has 5 rings (SSSR count). The Morgan fingerprint density at radius 3 is 1.35 bits per heavy atom. The normalized spacial score (nSPS) is 17.3. The molecule has 52 nitrogen and oxygen atoms in total. The monoisotopic (exact) mass is 1940 g/mol. The molecule has 0 bridgehead atoms. The van der Waals surface area contributed by atoms with Crippen molar-refractivity contribution in [1.29, 1.82) is 5.41 Å². The van der Waals surface area contributed by atoms with Crippen LogP contribution in [0.2, 0.25) is 0 Å². The number of aromatic hydroxyl groups is 1. The molecule has 34 N–H and O–H groups in total. The molecule has 16 amide bonds. The molecular weight excluding hydrogens is 1800 g/mol. The number of aromatic nitrogens is 4. The molecule has 137 heavy (non-hydrogen) atoms. The van der Waals surface area contributed by atoms with E-state index in [2.05, 4.69) is 94.4 Å². The number of hydrogen-bond acceptors (Lipinski definition) is 30. The lowest BCUT2D eigenvalue weighted by Crippen LogP contribution is -2.62. The van der Waals surface area contributed by atoms with Gasteiger partial charge in [-0.25, -0.2) is 14.8 Å². The van der Waals surface area contributed by atoms with Crippen molar-refractivity contribution in [3.63, 3.8) is 0 Å². The maximum absolute atomic E-state index is 14.8. The fraction of sp³-hybridized carbons (Fsp3) is 0.635. The number of carboxylic acids is 2. The maximum Gasteiger partial charge on any atom is 0.328 e. The lowest BCUT2D eigenvalue weighted by Gasteiger charge is -2.33. The molecule has 2 aromatic heterocycles. The lowest BCUT2D eigenvalue weighted by molar-refractivity contribution is -0.149. The lowest BCUT2D eigenvalue weighted by atomic mass is 10.0. The van der Waals surface area contributed by atoms with E-state index in [0.717, 1.165) is 18.7 Å². The molecule has 2 fully saturated rings. The van der Waals surface area contributed by atoms with Gasteiger partial charge in [-0.15, -0.1) is 0 Å². The topological polar surface area (TPSA) is 841 Å². The molecule has 4 heterocycles. The van der Waals surface area contributed by atoms with Crippen molar-refractivity contribution >= 4 is 112 Å². The van der Waals surface area contributed by atoms with Crippen LogP contribution < -0.4 is 103 Å². The van der Waals surface area contributed by atoms with Crippen LogP contribution in [-0.2, 0) is 106 Å². The minimum absolute atomic E-state index is 0.00692. The first kappa shape index (κ1) is 114. The van der Waals surface area contributed by atoms with Gasteiger partial charge >= 0.3 is 11.9 Å². The Bertz CT molecular complexity index is 4530. The highest BCUT2D eigenvalue weighted by Crippen LogP contribution is 2.27. The third-order valence-electron chi connectivity index (χ3n) is 22.5. The van der Waals surface area contributed by atoms with Crippen LogP contribution in [0.3, 0.4) is 0 Å². The fourth-order valence-corrected chi connectivity index (χ4v) is 14.8. The van der Waals surface area contributed by atoms with Gasteiger partial charge in [-0.1, -0.05) is 39.8 Å². The zero-order valence-electron chi connectivity index (χ0n) is 77.7. The summed E-state index contributed by atoms with van der Waals surface area (Å²) in [6.07, 6.45) is -1.25. The summed E-state index contributed by atoms with van der Waals surface area (Å²) < 4.78 is 0. The number of aliphatic hydroxyl groups is 5. The number of carboxylic acid groups (broad SMARTS) is 2. The number of H-pyrrole nitrogens is 2. The van der Waals surface area contributed by atoms with Gasteiger partial charge in [0.2, 0.25) is 94.5 Å². The number of phenolic OH excluding ortho intramolecular Hbond substituents is 1. The number of nitrogens with zero attached hydrogens (tertiary/aromatic N) is 4. The van der Waals surface area contributed by atoms with Crippen molar-refractivity contribution in [3.8, 4) is 5.75 Å². The molecule has 19 atom stereocenters. The number of aliphatic hydroxyl groups excluding tert-OH is 5. The SMILES string of the molecule is CC(C)C[C@H](NC(=O)[C@@H](NC(=O)[C@H](Cc1cnc[nH]1)NC(=O)[C@H](Cc1cnc[nH]1)NC(=O)[C@@H](N)C(C)C)[C@@H](C)O)C(=O)N[C@@H](CCCNC(=N)N)C(=O)N[C@@H](CCC(=O)O)C(=O)N[C@@H](CO)C(=O)N[C@@H](Cc1ccc(O)cc1)C(=O)N[C@@H](CCCCN)C(=O)N[C@@H](CCCCN)C(=O)NCC(=O)N[C@H](C(=O)N1CCC[C@H]1C(=O)N1CCC[C@H]1C(=O)N[C@@H](CO)C(=O)N[C@H](C(=O)O)[C@@H](C)O)[C@@H](C)O. The van der Waals surface area contributed by atoms with Crippen molar-refractivity contribution in [2.45, 2.75) is 279 Å². The number of guanidine groups is 1. The van der Waals surface area contributed by atoms with E-state index < -0.39 is 272 Å². The number of rotatable bonds is 60. The number of nitrogens with one attached hydrogen (secondary N) is 18. The molecule has 0 unspecified atom stereocenters. The molecule has 762 valence electrons. The summed E-state index contributed by atoms with van der Waals surface area (Å²) in [6, 6.07) is -20.4. The van der Waals surface area contributed by atoms with Gasteiger partial charge in [-0.3, -0.25) is 86.9 Å². The van der Waals surface area contributed by atoms with E-state index in [1.165, 1.54) is 61.1 Å². The van der Waals surface area contributed by atoms with Gasteiger partial charge in [0, 0.05) is 69.1 Å². The number of imidazole rings is 2. The second kappa shape index (κ2) is 57.7. The minimum Gasteiger partial charge on any atom is -0.508 e. The number of phenols is 1. The zero-order valence-corrected chi connectivity index (χ0v) is 77.7. The summed E-state index contributed by atoms with van der Waals surface area (Å²) >= 11 is 0. The molecule has 2 aliphatic rings. The number of aromatic amines is 2. The van der Waals surface area contributed by atoms with Crippen molar-refractivity contribution < 1.29 is 127 Å². The Labute approximate surface area is 789 Å². The summed E-state index contributed by atoms with van der Waals surface area (Å²) in [6.45, 7) is 7.06. The van der Waals surface area contributed by atoms with Gasteiger partial charge in [0.1, 0.15) is 90.3 Å². The van der Waals surface area contributed by atoms with Crippen LogP contribution in [0.1, 0.15) is 162 Å². The number of likely N-dealkylation sites (tertiary alicyclic amines) is 2. The van der Waals surface area contributed by atoms with Crippen LogP contribution in [-0.4, -0.2) is 350 Å². The van der Waals surface area contributed by atoms with Crippen LogP contribution in [0.15, 0.2) is 49.3 Å². The molecular formula is C85H136N26O26. The number of hydrogen-bond donors (Lipinski definition) is 30. The smallest absolute Gasteiger partial charge is 0.328 e. The summed E-state index contributed by atoms with van der Waals surface area (Å²) in [5, 5.41) is 127. The van der Waals surface area contributed by atoms with Gasteiger partial charge in [-0.2, -0.15) is 0 Å². The second-order valence-electron chi connectivity index (χ2n) is 34.5. The molecule has 2 saturated heterocycles. The fourth-order valence-electron chi connectivity index (χ4n) is 14.8. The van der Waals surface area contributed by atoms with E-state index in [0.29, 0.717) is 17.8 Å². The van der Waals surface area contributed by atoms with E-state index in [-0.39, 0.29) is 140 Å². The quantitative estimate of drug-likeness (QED) is 0.0142. The highest BCUT2D eigenvalue weighted by molar-refractivity contribution is 6.02. The third kappa shape index (κ3) is 37.8. The Kier molecular flexibility index (Phi) is 48.1. The Morgan fingerprint density at radius 1 is 0.467 bits per heavy atom. The van der Waals surface area contributed by atoms with Gasteiger partial charge in [0.25, 0.3) is 0 Å². The first-order valence-electron chi connectivity index (χ1n) is 45.3. The molecule has 52 heteroatoms. The summed E-state index contributed by atoms with van der Waals surface area (Å²) in [4.78, 5) is 267. The summed E-state index contributed by atoms with van der Waals surface area (Å²) in [5.74, 6) is -21.0. The first-order chi connectivity index (χ1) is 64.8. The second-order valence-corrected chi connectivity index (χ2v) is 34.5. The number of amides is 16.